The van der Waals surface area contributed by atoms with Crippen LogP contribution in [0.4, 0.5) is 0 Å². The van der Waals surface area contributed by atoms with Gasteiger partial charge in [-0.05, 0) is 18.6 Å². The van der Waals surface area contributed by atoms with Crippen molar-refractivity contribution < 1.29 is 4.74 Å². The van der Waals surface area contributed by atoms with Crippen LogP contribution in [0.3, 0.4) is 0 Å². The Morgan fingerprint density at radius 1 is 0.867 bits per heavy atom. The molecule has 1 nitrogen and oxygen atoms in total. The highest BCUT2D eigenvalue weighted by Crippen LogP contribution is 2.41. The van der Waals surface area contributed by atoms with E-state index in [-0.39, 0.29) is 6.10 Å². The van der Waals surface area contributed by atoms with Crippen LogP contribution in [0.1, 0.15) is 18.6 Å². The summed E-state index contributed by atoms with van der Waals surface area (Å²) in [6.45, 7) is 2.09. The van der Waals surface area contributed by atoms with Crippen molar-refractivity contribution in [2.75, 3.05) is 0 Å². The molecule has 2 aromatic carbocycles. The maximum Gasteiger partial charge on any atom is 0.128 e. The maximum atomic E-state index is 5.86. The monoisotopic (exact) mass is 196 g/mol. The summed E-state index contributed by atoms with van der Waals surface area (Å²) >= 11 is 0. The first kappa shape index (κ1) is 8.54. The fourth-order valence-electron chi connectivity index (χ4n) is 2.14. The number of para-hydroxylation sites is 1. The van der Waals surface area contributed by atoms with Crippen molar-refractivity contribution in [1.82, 2.24) is 0 Å². The lowest BCUT2D eigenvalue weighted by molar-refractivity contribution is 0.223. The number of hydrogen-bond acceptors (Lipinski definition) is 1. The van der Waals surface area contributed by atoms with Gasteiger partial charge in [0.2, 0.25) is 0 Å². The largest absolute Gasteiger partial charge is 0.485 e. The SMILES string of the molecule is CC1Oc2ccccc2-c2ccccc21. The minimum atomic E-state index is 0.149. The molecule has 1 aliphatic rings. The zero-order valence-corrected chi connectivity index (χ0v) is 8.60. The van der Waals surface area contributed by atoms with E-state index in [1.807, 2.05) is 12.1 Å². The summed E-state index contributed by atoms with van der Waals surface area (Å²) in [6, 6.07) is 16.6. The Morgan fingerprint density at radius 3 is 2.40 bits per heavy atom. The highest BCUT2D eigenvalue weighted by molar-refractivity contribution is 5.75. The summed E-state index contributed by atoms with van der Waals surface area (Å²) in [5, 5.41) is 0. The van der Waals surface area contributed by atoms with E-state index in [2.05, 4.69) is 43.3 Å². The Hall–Kier alpha value is -1.76. The Kier molecular flexibility index (Phi) is 1.78. The average Bonchev–Trinajstić information content (AvgIpc) is 2.30. The molecule has 2 aromatic rings. The summed E-state index contributed by atoms with van der Waals surface area (Å²) in [4.78, 5) is 0. The summed E-state index contributed by atoms with van der Waals surface area (Å²) < 4.78 is 5.86. The Morgan fingerprint density at radius 2 is 1.53 bits per heavy atom. The minimum absolute atomic E-state index is 0.149. The smallest absolute Gasteiger partial charge is 0.128 e. The molecule has 3 rings (SSSR count). The highest BCUT2D eigenvalue weighted by Gasteiger charge is 2.21. The van der Waals surface area contributed by atoms with Crippen molar-refractivity contribution in [3.8, 4) is 16.9 Å². The van der Waals surface area contributed by atoms with Gasteiger partial charge >= 0.3 is 0 Å². The minimum Gasteiger partial charge on any atom is -0.485 e. The molecule has 0 saturated heterocycles. The van der Waals surface area contributed by atoms with E-state index in [4.69, 9.17) is 4.74 Å². The Labute approximate surface area is 89.3 Å². The molecule has 0 fully saturated rings. The van der Waals surface area contributed by atoms with E-state index in [1.54, 1.807) is 0 Å². The van der Waals surface area contributed by atoms with E-state index in [1.165, 1.54) is 16.7 Å². The van der Waals surface area contributed by atoms with Crippen molar-refractivity contribution in [3.05, 3.63) is 54.1 Å². The third-order valence-corrected chi connectivity index (χ3v) is 2.88. The van der Waals surface area contributed by atoms with Crippen molar-refractivity contribution >= 4 is 0 Å². The molecule has 0 saturated carbocycles. The Balaban J connectivity index is 2.30. The lowest BCUT2D eigenvalue weighted by Crippen LogP contribution is -2.10. The van der Waals surface area contributed by atoms with Gasteiger partial charge in [0.05, 0.1) is 0 Å². The zero-order chi connectivity index (χ0) is 10.3. The third-order valence-electron chi connectivity index (χ3n) is 2.88. The second-order valence-electron chi connectivity index (χ2n) is 3.84. The van der Waals surface area contributed by atoms with E-state index < -0.39 is 0 Å². The van der Waals surface area contributed by atoms with Crippen molar-refractivity contribution in [3.63, 3.8) is 0 Å². The van der Waals surface area contributed by atoms with Crippen LogP contribution in [0, 0.1) is 0 Å². The molecular formula is C14H12O. The van der Waals surface area contributed by atoms with Gasteiger partial charge in [0.1, 0.15) is 11.9 Å². The van der Waals surface area contributed by atoms with Crippen molar-refractivity contribution in [1.29, 1.82) is 0 Å². The van der Waals surface area contributed by atoms with Gasteiger partial charge in [-0.3, -0.25) is 0 Å². The zero-order valence-electron chi connectivity index (χ0n) is 8.60. The first-order valence-corrected chi connectivity index (χ1v) is 5.21. The summed E-state index contributed by atoms with van der Waals surface area (Å²) in [5.74, 6) is 0.990. The van der Waals surface area contributed by atoms with Crippen LogP contribution in [0.15, 0.2) is 48.5 Å². The van der Waals surface area contributed by atoms with Gasteiger partial charge < -0.3 is 4.74 Å². The molecular weight excluding hydrogens is 184 g/mol. The fourth-order valence-corrected chi connectivity index (χ4v) is 2.14. The molecule has 1 aliphatic heterocycles. The first-order valence-electron chi connectivity index (χ1n) is 5.21. The average molecular weight is 196 g/mol. The summed E-state index contributed by atoms with van der Waals surface area (Å²) in [7, 11) is 0. The van der Waals surface area contributed by atoms with E-state index in [0.29, 0.717) is 0 Å². The predicted octanol–water partition coefficient (Wildman–Crippen LogP) is 3.81. The summed E-state index contributed by atoms with van der Waals surface area (Å²) in [6.07, 6.45) is 0.149. The number of benzene rings is 2. The lowest BCUT2D eigenvalue weighted by Gasteiger charge is -2.26. The van der Waals surface area contributed by atoms with Crippen molar-refractivity contribution in [2.45, 2.75) is 13.0 Å². The molecule has 15 heavy (non-hydrogen) atoms. The molecule has 1 unspecified atom stereocenters. The van der Waals surface area contributed by atoms with Gasteiger partial charge in [0, 0.05) is 11.1 Å². The van der Waals surface area contributed by atoms with E-state index in [0.717, 1.165) is 5.75 Å². The summed E-state index contributed by atoms with van der Waals surface area (Å²) in [5.41, 5.74) is 3.77. The standard InChI is InChI=1S/C14H12O/c1-10-11-6-2-3-7-12(11)13-8-4-5-9-14(13)15-10/h2-10H,1H3. The molecule has 0 aliphatic carbocycles. The lowest BCUT2D eigenvalue weighted by atomic mass is 9.94. The van der Waals surface area contributed by atoms with E-state index in [9.17, 15) is 0 Å². The van der Waals surface area contributed by atoms with Gasteiger partial charge in [0.15, 0.2) is 0 Å². The molecule has 74 valence electrons. The van der Waals surface area contributed by atoms with Crippen LogP contribution in [0.2, 0.25) is 0 Å². The molecule has 1 atom stereocenters. The third kappa shape index (κ3) is 1.23. The normalized spacial score (nSPS) is 17.5. The molecule has 0 spiro atoms. The molecule has 1 heteroatoms. The van der Waals surface area contributed by atoms with Gasteiger partial charge in [-0.15, -0.1) is 0 Å². The quantitative estimate of drug-likeness (QED) is 0.622. The number of ether oxygens (including phenoxy) is 1. The van der Waals surface area contributed by atoms with Crippen LogP contribution in [0.5, 0.6) is 5.75 Å². The molecule has 1 heterocycles. The van der Waals surface area contributed by atoms with Gasteiger partial charge in [-0.25, -0.2) is 0 Å². The Bertz CT molecular complexity index is 502. The predicted molar refractivity (Wildman–Crippen MR) is 60.9 cm³/mol. The topological polar surface area (TPSA) is 9.23 Å². The van der Waals surface area contributed by atoms with Crippen LogP contribution in [-0.4, -0.2) is 0 Å². The number of rotatable bonds is 0. The second-order valence-corrected chi connectivity index (χ2v) is 3.84. The molecule has 0 amide bonds. The van der Waals surface area contributed by atoms with Crippen LogP contribution in [0.25, 0.3) is 11.1 Å². The van der Waals surface area contributed by atoms with Gasteiger partial charge in [0.25, 0.3) is 0 Å². The first-order chi connectivity index (χ1) is 7.36. The van der Waals surface area contributed by atoms with Gasteiger partial charge in [-0.1, -0.05) is 42.5 Å². The van der Waals surface area contributed by atoms with Crippen LogP contribution < -0.4 is 4.74 Å². The molecule has 0 radical (unpaired) electrons. The van der Waals surface area contributed by atoms with E-state index >= 15 is 0 Å². The fraction of sp³-hybridized carbons (Fsp3) is 0.143. The maximum absolute atomic E-state index is 5.86. The number of hydrogen-bond donors (Lipinski definition) is 0. The molecule has 0 N–H and O–H groups in total. The highest BCUT2D eigenvalue weighted by atomic mass is 16.5. The van der Waals surface area contributed by atoms with Gasteiger partial charge in [-0.2, -0.15) is 0 Å². The van der Waals surface area contributed by atoms with Crippen LogP contribution in [-0.2, 0) is 0 Å². The number of fused-ring (bicyclic) bond motifs is 3. The molecule has 0 bridgehead atoms. The van der Waals surface area contributed by atoms with Crippen molar-refractivity contribution in [2.24, 2.45) is 0 Å². The second kappa shape index (κ2) is 3.13. The van der Waals surface area contributed by atoms with Crippen LogP contribution >= 0.6 is 0 Å². The molecule has 0 aromatic heterocycles.